The molecular formula is C13H15BrN4O2S. The molecule has 2 aromatic rings. The van der Waals surface area contributed by atoms with E-state index in [1.165, 1.54) is 0 Å². The molecule has 1 N–H and O–H groups in total. The Balaban J connectivity index is 1.83. The minimum atomic E-state index is -3.57. The van der Waals surface area contributed by atoms with Crippen molar-refractivity contribution >= 4 is 26.0 Å². The minimum absolute atomic E-state index is 0.235. The standard InChI is InChI=1S/C13H15BrN4O2S/c1-9(13-16-15-12-3-2-8-18(12)13)17-21(19,20)11-6-4-10(14)5-7-11/h4-7,9,17H,2-3,8H2,1H3. The van der Waals surface area contributed by atoms with Gasteiger partial charge in [0.2, 0.25) is 10.0 Å². The van der Waals surface area contributed by atoms with Crippen LogP contribution in [0, 0.1) is 0 Å². The fourth-order valence-electron chi connectivity index (χ4n) is 2.46. The van der Waals surface area contributed by atoms with Crippen molar-refractivity contribution in [3.05, 3.63) is 40.4 Å². The maximum Gasteiger partial charge on any atom is 0.241 e. The van der Waals surface area contributed by atoms with Crippen LogP contribution in [0.5, 0.6) is 0 Å². The lowest BCUT2D eigenvalue weighted by Crippen LogP contribution is -2.28. The lowest BCUT2D eigenvalue weighted by molar-refractivity contribution is 0.546. The molecule has 0 spiro atoms. The van der Waals surface area contributed by atoms with E-state index in [9.17, 15) is 8.42 Å². The number of fused-ring (bicyclic) bond motifs is 1. The number of hydrogen-bond acceptors (Lipinski definition) is 4. The number of nitrogens with one attached hydrogen (secondary N) is 1. The molecule has 1 aromatic carbocycles. The van der Waals surface area contributed by atoms with Crippen LogP contribution in [0.15, 0.2) is 33.6 Å². The third-order valence-electron chi connectivity index (χ3n) is 3.48. The highest BCUT2D eigenvalue weighted by Gasteiger charge is 2.25. The van der Waals surface area contributed by atoms with Gasteiger partial charge in [-0.15, -0.1) is 10.2 Å². The molecule has 1 aliphatic heterocycles. The van der Waals surface area contributed by atoms with E-state index in [-0.39, 0.29) is 4.90 Å². The average Bonchev–Trinajstić information content (AvgIpc) is 3.00. The van der Waals surface area contributed by atoms with Crippen molar-refractivity contribution in [2.45, 2.75) is 37.2 Å². The molecule has 1 atom stereocenters. The van der Waals surface area contributed by atoms with Crippen molar-refractivity contribution in [1.82, 2.24) is 19.5 Å². The van der Waals surface area contributed by atoms with Crippen LogP contribution in [-0.2, 0) is 23.0 Å². The van der Waals surface area contributed by atoms with Gasteiger partial charge in [-0.1, -0.05) is 15.9 Å². The maximum atomic E-state index is 12.4. The molecule has 21 heavy (non-hydrogen) atoms. The largest absolute Gasteiger partial charge is 0.314 e. The van der Waals surface area contributed by atoms with Gasteiger partial charge in [-0.3, -0.25) is 0 Å². The first-order chi connectivity index (χ1) is 9.97. The van der Waals surface area contributed by atoms with Gasteiger partial charge in [0.1, 0.15) is 5.82 Å². The summed E-state index contributed by atoms with van der Waals surface area (Å²) < 4.78 is 30.2. The van der Waals surface area contributed by atoms with E-state index in [0.29, 0.717) is 5.82 Å². The lowest BCUT2D eigenvalue weighted by Gasteiger charge is -2.14. The van der Waals surface area contributed by atoms with Crippen LogP contribution in [0.4, 0.5) is 0 Å². The number of aromatic nitrogens is 3. The maximum absolute atomic E-state index is 12.4. The molecule has 6 nitrogen and oxygen atoms in total. The summed E-state index contributed by atoms with van der Waals surface area (Å²) in [5, 5.41) is 8.21. The third-order valence-corrected chi connectivity index (χ3v) is 5.57. The summed E-state index contributed by atoms with van der Waals surface area (Å²) in [5.74, 6) is 1.60. The zero-order chi connectivity index (χ0) is 15.0. The molecule has 1 unspecified atom stereocenters. The summed E-state index contributed by atoms with van der Waals surface area (Å²) in [5.41, 5.74) is 0. The second-order valence-electron chi connectivity index (χ2n) is 5.03. The Labute approximate surface area is 131 Å². The highest BCUT2D eigenvalue weighted by molar-refractivity contribution is 9.10. The van der Waals surface area contributed by atoms with E-state index >= 15 is 0 Å². The quantitative estimate of drug-likeness (QED) is 0.892. The van der Waals surface area contributed by atoms with Crippen molar-refractivity contribution in [1.29, 1.82) is 0 Å². The fraction of sp³-hybridized carbons (Fsp3) is 0.385. The van der Waals surface area contributed by atoms with Crippen LogP contribution in [0.1, 0.15) is 31.0 Å². The van der Waals surface area contributed by atoms with Crippen molar-refractivity contribution in [3.63, 3.8) is 0 Å². The van der Waals surface area contributed by atoms with Crippen LogP contribution in [-0.4, -0.2) is 23.2 Å². The summed E-state index contributed by atoms with van der Waals surface area (Å²) in [6.07, 6.45) is 1.93. The van der Waals surface area contributed by atoms with E-state index in [1.807, 2.05) is 4.57 Å². The first kappa shape index (κ1) is 14.7. The van der Waals surface area contributed by atoms with Crippen molar-refractivity contribution < 1.29 is 8.42 Å². The second-order valence-corrected chi connectivity index (χ2v) is 7.66. The van der Waals surface area contributed by atoms with Gasteiger partial charge in [-0.25, -0.2) is 13.1 Å². The van der Waals surface area contributed by atoms with Crippen molar-refractivity contribution in [3.8, 4) is 0 Å². The van der Waals surface area contributed by atoms with E-state index in [1.54, 1.807) is 31.2 Å². The van der Waals surface area contributed by atoms with Crippen LogP contribution < -0.4 is 4.72 Å². The first-order valence-electron chi connectivity index (χ1n) is 6.67. The highest BCUT2D eigenvalue weighted by atomic mass is 79.9. The summed E-state index contributed by atoms with van der Waals surface area (Å²) in [4.78, 5) is 0.235. The van der Waals surface area contributed by atoms with E-state index in [4.69, 9.17) is 0 Å². The van der Waals surface area contributed by atoms with Gasteiger partial charge < -0.3 is 4.57 Å². The van der Waals surface area contributed by atoms with Crippen LogP contribution in [0.3, 0.4) is 0 Å². The summed E-state index contributed by atoms with van der Waals surface area (Å²) in [6.45, 7) is 2.63. The van der Waals surface area contributed by atoms with Gasteiger partial charge >= 0.3 is 0 Å². The normalized spacial score (nSPS) is 15.9. The van der Waals surface area contributed by atoms with E-state index in [0.717, 1.165) is 29.7 Å². The first-order valence-corrected chi connectivity index (χ1v) is 8.95. The number of nitrogens with zero attached hydrogens (tertiary/aromatic N) is 3. The highest BCUT2D eigenvalue weighted by Crippen LogP contribution is 2.21. The monoisotopic (exact) mass is 370 g/mol. The molecule has 0 saturated heterocycles. The van der Waals surface area contributed by atoms with Crippen LogP contribution >= 0.6 is 15.9 Å². The van der Waals surface area contributed by atoms with Crippen LogP contribution in [0.25, 0.3) is 0 Å². The lowest BCUT2D eigenvalue weighted by atomic mass is 10.3. The molecular weight excluding hydrogens is 356 g/mol. The number of hydrogen-bond donors (Lipinski definition) is 1. The zero-order valence-corrected chi connectivity index (χ0v) is 13.9. The molecule has 8 heteroatoms. The predicted octanol–water partition coefficient (Wildman–Crippen LogP) is 2.03. The molecule has 3 rings (SSSR count). The SMILES string of the molecule is CC(NS(=O)(=O)c1ccc(Br)cc1)c1nnc2n1CCC2. The molecule has 112 valence electrons. The Morgan fingerprint density at radius 2 is 2.00 bits per heavy atom. The molecule has 2 heterocycles. The van der Waals surface area contributed by atoms with Gasteiger partial charge in [-0.2, -0.15) is 0 Å². The van der Waals surface area contributed by atoms with Crippen LogP contribution in [0.2, 0.25) is 0 Å². The Morgan fingerprint density at radius 1 is 1.29 bits per heavy atom. The predicted molar refractivity (Wildman–Crippen MR) is 81.2 cm³/mol. The zero-order valence-electron chi connectivity index (χ0n) is 11.5. The summed E-state index contributed by atoms with van der Waals surface area (Å²) in [6, 6.07) is 6.11. The van der Waals surface area contributed by atoms with Gasteiger partial charge in [0.25, 0.3) is 0 Å². The molecule has 0 aliphatic carbocycles. The Bertz CT molecular complexity index is 755. The third kappa shape index (κ3) is 2.88. The summed E-state index contributed by atoms with van der Waals surface area (Å²) >= 11 is 3.29. The molecule has 0 fully saturated rings. The number of benzene rings is 1. The number of sulfonamides is 1. The molecule has 1 aliphatic rings. The number of halogens is 1. The van der Waals surface area contributed by atoms with Crippen molar-refractivity contribution in [2.24, 2.45) is 0 Å². The van der Waals surface area contributed by atoms with Gasteiger partial charge in [0, 0.05) is 17.4 Å². The Hall–Kier alpha value is -1.25. The van der Waals surface area contributed by atoms with Gasteiger partial charge in [-0.05, 0) is 37.6 Å². The second kappa shape index (κ2) is 5.51. The number of rotatable bonds is 4. The Morgan fingerprint density at radius 3 is 2.71 bits per heavy atom. The molecule has 0 saturated carbocycles. The van der Waals surface area contributed by atoms with Crippen molar-refractivity contribution in [2.75, 3.05) is 0 Å². The molecule has 0 bridgehead atoms. The Kier molecular flexibility index (Phi) is 3.85. The van der Waals surface area contributed by atoms with E-state index in [2.05, 4.69) is 30.8 Å². The molecule has 0 radical (unpaired) electrons. The average molecular weight is 371 g/mol. The van der Waals surface area contributed by atoms with Gasteiger partial charge in [0.05, 0.1) is 10.9 Å². The van der Waals surface area contributed by atoms with E-state index < -0.39 is 16.1 Å². The molecule has 0 amide bonds. The minimum Gasteiger partial charge on any atom is -0.314 e. The molecule has 1 aromatic heterocycles. The summed E-state index contributed by atoms with van der Waals surface area (Å²) in [7, 11) is -3.57. The topological polar surface area (TPSA) is 76.9 Å². The smallest absolute Gasteiger partial charge is 0.241 e. The number of aryl methyl sites for hydroxylation is 1. The fourth-order valence-corrected chi connectivity index (χ4v) is 3.93. The van der Waals surface area contributed by atoms with Gasteiger partial charge in [0.15, 0.2) is 5.82 Å².